The van der Waals surface area contributed by atoms with Crippen molar-refractivity contribution in [2.45, 2.75) is 32.3 Å². The maximum Gasteiger partial charge on any atom is 0.156 e. The Labute approximate surface area is 119 Å². The Morgan fingerprint density at radius 1 is 0.850 bits per heavy atom. The molecule has 1 atom stereocenters. The minimum atomic E-state index is 0.351. The summed E-state index contributed by atoms with van der Waals surface area (Å²) in [5, 5.41) is 0. The number of rotatable bonds is 3. The number of hydrogen-bond donors (Lipinski definition) is 0. The molecule has 0 radical (unpaired) electrons. The fraction of sp³-hybridized carbons (Fsp3) is 0.263. The van der Waals surface area contributed by atoms with Gasteiger partial charge >= 0.3 is 0 Å². The van der Waals surface area contributed by atoms with E-state index in [1.807, 2.05) is 0 Å². The standard InChI is InChI=1S/C19H18O/c1-2-3-12-17-19(20-17)18-15-10-6-4-8-13(15)14-9-5-7-11-16(14)18/h4-11,17H,2-3,12H2,1H3. The van der Waals surface area contributed by atoms with Crippen LogP contribution in [0.15, 0.2) is 54.3 Å². The zero-order valence-electron chi connectivity index (χ0n) is 11.7. The number of epoxide rings is 1. The molecule has 1 aliphatic carbocycles. The molecule has 1 heteroatoms. The molecule has 2 aromatic rings. The highest BCUT2D eigenvalue weighted by molar-refractivity contribution is 6.02. The molecule has 1 heterocycles. The Morgan fingerprint density at radius 2 is 1.40 bits per heavy atom. The summed E-state index contributed by atoms with van der Waals surface area (Å²) in [5.41, 5.74) is 6.69. The normalized spacial score (nSPS) is 18.6. The molecule has 2 aliphatic rings. The number of ether oxygens (including phenoxy) is 1. The average Bonchev–Trinajstić information content (AvgIpc) is 3.18. The highest BCUT2D eigenvalue weighted by Gasteiger charge is 2.39. The molecule has 0 bridgehead atoms. The van der Waals surface area contributed by atoms with Crippen LogP contribution in [-0.4, -0.2) is 6.10 Å². The van der Waals surface area contributed by atoms with Crippen LogP contribution in [0.3, 0.4) is 0 Å². The highest BCUT2D eigenvalue weighted by atomic mass is 16.6. The van der Waals surface area contributed by atoms with Crippen LogP contribution >= 0.6 is 0 Å². The van der Waals surface area contributed by atoms with E-state index in [1.54, 1.807) is 0 Å². The van der Waals surface area contributed by atoms with Crippen LogP contribution in [0, 0.1) is 0 Å². The molecule has 1 unspecified atom stereocenters. The van der Waals surface area contributed by atoms with E-state index in [4.69, 9.17) is 4.74 Å². The topological polar surface area (TPSA) is 12.5 Å². The van der Waals surface area contributed by atoms with Gasteiger partial charge in [-0.25, -0.2) is 0 Å². The van der Waals surface area contributed by atoms with E-state index in [0.717, 1.165) is 6.42 Å². The van der Waals surface area contributed by atoms with Crippen molar-refractivity contribution < 1.29 is 4.74 Å². The number of benzene rings is 2. The van der Waals surface area contributed by atoms with Crippen LogP contribution in [0.5, 0.6) is 0 Å². The fourth-order valence-electron chi connectivity index (χ4n) is 3.20. The molecule has 100 valence electrons. The summed E-state index contributed by atoms with van der Waals surface area (Å²) >= 11 is 0. The van der Waals surface area contributed by atoms with Gasteiger partial charge in [0.2, 0.25) is 0 Å². The van der Waals surface area contributed by atoms with Crippen LogP contribution < -0.4 is 0 Å². The SMILES string of the molecule is CCCCC1OC1=C1c2ccccc2-c2ccccc21. The molecule has 0 N–H and O–H groups in total. The van der Waals surface area contributed by atoms with E-state index in [9.17, 15) is 0 Å². The number of fused-ring (bicyclic) bond motifs is 3. The smallest absolute Gasteiger partial charge is 0.156 e. The van der Waals surface area contributed by atoms with Gasteiger partial charge in [-0.1, -0.05) is 61.9 Å². The molecule has 2 aromatic carbocycles. The van der Waals surface area contributed by atoms with Gasteiger partial charge in [0, 0.05) is 5.57 Å². The summed E-state index contributed by atoms with van der Waals surface area (Å²) in [4.78, 5) is 0. The van der Waals surface area contributed by atoms with Crippen molar-refractivity contribution in [1.82, 2.24) is 0 Å². The molecule has 0 saturated carbocycles. The van der Waals surface area contributed by atoms with Crippen LogP contribution in [0.25, 0.3) is 16.7 Å². The van der Waals surface area contributed by atoms with Gasteiger partial charge in [0.15, 0.2) is 6.10 Å². The minimum Gasteiger partial charge on any atom is -0.482 e. The Hall–Kier alpha value is -2.02. The summed E-state index contributed by atoms with van der Waals surface area (Å²) in [7, 11) is 0. The molecule has 20 heavy (non-hydrogen) atoms. The molecule has 1 fully saturated rings. The average molecular weight is 262 g/mol. The second-order valence-electron chi connectivity index (χ2n) is 5.58. The van der Waals surface area contributed by atoms with Crippen molar-refractivity contribution >= 4 is 5.57 Å². The predicted octanol–water partition coefficient (Wildman–Crippen LogP) is 5.02. The van der Waals surface area contributed by atoms with Gasteiger partial charge in [-0.15, -0.1) is 0 Å². The lowest BCUT2D eigenvalue weighted by atomic mass is 10.0. The molecule has 1 nitrogen and oxygen atoms in total. The second kappa shape index (κ2) is 4.52. The first-order valence-corrected chi connectivity index (χ1v) is 7.50. The van der Waals surface area contributed by atoms with E-state index >= 15 is 0 Å². The van der Waals surface area contributed by atoms with Crippen LogP contribution in [-0.2, 0) is 4.74 Å². The zero-order chi connectivity index (χ0) is 13.5. The number of unbranched alkanes of at least 4 members (excludes halogenated alkanes) is 1. The molecule has 0 aromatic heterocycles. The van der Waals surface area contributed by atoms with Gasteiger partial charge in [-0.3, -0.25) is 0 Å². The molecule has 0 amide bonds. The Balaban J connectivity index is 1.83. The van der Waals surface area contributed by atoms with E-state index in [2.05, 4.69) is 55.5 Å². The fourth-order valence-corrected chi connectivity index (χ4v) is 3.20. The Morgan fingerprint density at radius 3 is 1.95 bits per heavy atom. The lowest BCUT2D eigenvalue weighted by Crippen LogP contribution is -1.86. The van der Waals surface area contributed by atoms with Crippen LogP contribution in [0.1, 0.15) is 37.3 Å². The van der Waals surface area contributed by atoms with Crippen molar-refractivity contribution in [1.29, 1.82) is 0 Å². The summed E-state index contributed by atoms with van der Waals surface area (Å²) in [5.74, 6) is 1.20. The third kappa shape index (κ3) is 1.70. The van der Waals surface area contributed by atoms with Gasteiger partial charge in [-0.2, -0.15) is 0 Å². The van der Waals surface area contributed by atoms with Crippen LogP contribution in [0.2, 0.25) is 0 Å². The Bertz CT molecular complexity index is 649. The summed E-state index contributed by atoms with van der Waals surface area (Å²) in [6.07, 6.45) is 3.98. The van der Waals surface area contributed by atoms with Gasteiger partial charge in [0.1, 0.15) is 5.76 Å². The largest absolute Gasteiger partial charge is 0.482 e. The van der Waals surface area contributed by atoms with Gasteiger partial charge in [0.05, 0.1) is 0 Å². The van der Waals surface area contributed by atoms with Crippen molar-refractivity contribution in [3.63, 3.8) is 0 Å². The van der Waals surface area contributed by atoms with E-state index < -0.39 is 0 Å². The monoisotopic (exact) mass is 262 g/mol. The van der Waals surface area contributed by atoms with Gasteiger partial charge < -0.3 is 4.74 Å². The minimum absolute atomic E-state index is 0.351. The first kappa shape index (κ1) is 11.8. The molecular formula is C19H18O. The maximum absolute atomic E-state index is 5.90. The molecule has 1 saturated heterocycles. The first-order valence-electron chi connectivity index (χ1n) is 7.50. The third-order valence-electron chi connectivity index (χ3n) is 4.25. The lowest BCUT2D eigenvalue weighted by molar-refractivity contribution is 0.406. The predicted molar refractivity (Wildman–Crippen MR) is 82.3 cm³/mol. The van der Waals surface area contributed by atoms with Crippen molar-refractivity contribution in [3.05, 3.63) is 65.4 Å². The molecule has 0 spiro atoms. The second-order valence-corrected chi connectivity index (χ2v) is 5.58. The lowest BCUT2D eigenvalue weighted by Gasteiger charge is -1.98. The summed E-state index contributed by atoms with van der Waals surface area (Å²) in [6.45, 7) is 2.23. The highest BCUT2D eigenvalue weighted by Crippen LogP contribution is 2.50. The van der Waals surface area contributed by atoms with Crippen molar-refractivity contribution in [3.8, 4) is 11.1 Å². The van der Waals surface area contributed by atoms with E-state index in [1.165, 1.54) is 46.4 Å². The van der Waals surface area contributed by atoms with Crippen molar-refractivity contribution in [2.75, 3.05) is 0 Å². The molecule has 1 aliphatic heterocycles. The van der Waals surface area contributed by atoms with E-state index in [0.29, 0.717) is 6.10 Å². The zero-order valence-corrected chi connectivity index (χ0v) is 11.7. The third-order valence-corrected chi connectivity index (χ3v) is 4.25. The van der Waals surface area contributed by atoms with Gasteiger partial charge in [-0.05, 0) is 35.1 Å². The summed E-state index contributed by atoms with van der Waals surface area (Å²) in [6, 6.07) is 17.3. The first-order chi connectivity index (χ1) is 9.90. The Kier molecular flexibility index (Phi) is 2.66. The number of hydrogen-bond acceptors (Lipinski definition) is 1. The van der Waals surface area contributed by atoms with E-state index in [-0.39, 0.29) is 0 Å². The summed E-state index contributed by atoms with van der Waals surface area (Å²) < 4.78 is 5.90. The molecular weight excluding hydrogens is 244 g/mol. The van der Waals surface area contributed by atoms with Gasteiger partial charge in [0.25, 0.3) is 0 Å². The van der Waals surface area contributed by atoms with Crippen LogP contribution in [0.4, 0.5) is 0 Å². The quantitative estimate of drug-likeness (QED) is 0.604. The molecule has 4 rings (SSSR count). The van der Waals surface area contributed by atoms with Crippen molar-refractivity contribution in [2.24, 2.45) is 0 Å². The maximum atomic E-state index is 5.90.